The molecule has 6 rings (SSSR count). The predicted molar refractivity (Wildman–Crippen MR) is 153 cm³/mol. The zero-order valence-corrected chi connectivity index (χ0v) is 22.7. The highest BCUT2D eigenvalue weighted by atomic mass is 32.2. The fourth-order valence-corrected chi connectivity index (χ4v) is 7.01. The van der Waals surface area contributed by atoms with Crippen molar-refractivity contribution in [2.75, 3.05) is 59.9 Å². The van der Waals surface area contributed by atoms with Crippen molar-refractivity contribution >= 4 is 40.6 Å². The molecule has 3 aliphatic heterocycles. The number of amides is 2. The third-order valence-corrected chi connectivity index (χ3v) is 8.92. The number of nitrogens with zero attached hydrogens (tertiary/aromatic N) is 4. The highest BCUT2D eigenvalue weighted by Crippen LogP contribution is 2.55. The Bertz CT molecular complexity index is 1380. The van der Waals surface area contributed by atoms with E-state index in [9.17, 15) is 14.0 Å². The van der Waals surface area contributed by atoms with Crippen LogP contribution in [-0.2, 0) is 14.5 Å². The van der Waals surface area contributed by atoms with Crippen LogP contribution in [0.3, 0.4) is 0 Å². The average molecular weight is 547 g/mol. The van der Waals surface area contributed by atoms with E-state index in [2.05, 4.69) is 11.8 Å². The smallest absolute Gasteiger partial charge is 0.269 e. The van der Waals surface area contributed by atoms with Gasteiger partial charge in [-0.1, -0.05) is 37.3 Å². The van der Waals surface area contributed by atoms with E-state index in [4.69, 9.17) is 4.74 Å². The largest absolute Gasteiger partial charge is 0.494 e. The average Bonchev–Trinajstić information content (AvgIpc) is 3.43. The summed E-state index contributed by atoms with van der Waals surface area (Å²) < 4.78 is 20.0. The number of hydrogen-bond acceptors (Lipinski definition) is 6. The van der Waals surface area contributed by atoms with Crippen LogP contribution in [0, 0.1) is 5.82 Å². The van der Waals surface area contributed by atoms with Crippen LogP contribution in [0.2, 0.25) is 0 Å². The molecule has 1 spiro atoms. The normalized spacial score (nSPS) is 21.2. The Morgan fingerprint density at radius 2 is 1.59 bits per heavy atom. The monoisotopic (exact) mass is 546 g/mol. The van der Waals surface area contributed by atoms with Crippen LogP contribution in [0.25, 0.3) is 0 Å². The topological polar surface area (TPSA) is 56.3 Å². The summed E-state index contributed by atoms with van der Waals surface area (Å²) in [4.78, 5) is 34.2. The van der Waals surface area contributed by atoms with Crippen LogP contribution in [0.5, 0.6) is 5.75 Å². The van der Waals surface area contributed by atoms with E-state index in [1.807, 2.05) is 64.4 Å². The molecule has 0 N–H and O–H groups in total. The zero-order valence-electron chi connectivity index (χ0n) is 21.9. The number of carbonyl (C=O) groups is 2. The van der Waals surface area contributed by atoms with Crippen molar-refractivity contribution in [3.8, 4) is 5.75 Å². The first-order valence-electron chi connectivity index (χ1n) is 13.4. The van der Waals surface area contributed by atoms with Crippen LogP contribution in [-0.4, -0.2) is 61.9 Å². The van der Waals surface area contributed by atoms with Crippen molar-refractivity contribution in [1.29, 1.82) is 0 Å². The molecule has 1 atom stereocenters. The SMILES string of the molecule is CCCOc1ccc(N2C(=O)CS[C@@]23C(=O)N(CN2CCN(c4ccccc4F)CC2)c2ccccc23)cc1. The van der Waals surface area contributed by atoms with Crippen molar-refractivity contribution < 1.29 is 18.7 Å². The molecule has 39 heavy (non-hydrogen) atoms. The maximum atomic E-state index is 14.3. The number of halogens is 1. The van der Waals surface area contributed by atoms with Gasteiger partial charge in [0, 0.05) is 37.4 Å². The first-order chi connectivity index (χ1) is 19.0. The van der Waals surface area contributed by atoms with Gasteiger partial charge in [-0.05, 0) is 48.9 Å². The number of fused-ring (bicyclic) bond motifs is 2. The summed E-state index contributed by atoms with van der Waals surface area (Å²) in [6, 6.07) is 22.0. The summed E-state index contributed by atoms with van der Waals surface area (Å²) in [6.45, 7) is 5.82. The number of thioether (sulfide) groups is 1. The maximum absolute atomic E-state index is 14.3. The van der Waals surface area contributed by atoms with E-state index >= 15 is 0 Å². The number of hydrogen-bond donors (Lipinski definition) is 0. The van der Waals surface area contributed by atoms with Crippen molar-refractivity contribution in [3.05, 3.63) is 84.2 Å². The van der Waals surface area contributed by atoms with Gasteiger partial charge in [-0.3, -0.25) is 24.3 Å². The van der Waals surface area contributed by atoms with E-state index in [1.54, 1.807) is 17.0 Å². The molecule has 0 radical (unpaired) electrons. The van der Waals surface area contributed by atoms with Gasteiger partial charge in [0.25, 0.3) is 5.91 Å². The molecule has 0 aromatic heterocycles. The Balaban J connectivity index is 1.25. The Morgan fingerprint density at radius 3 is 2.31 bits per heavy atom. The first kappa shape index (κ1) is 25.7. The molecule has 0 saturated carbocycles. The lowest BCUT2D eigenvalue weighted by molar-refractivity contribution is -0.124. The molecule has 3 aromatic rings. The number of anilines is 3. The van der Waals surface area contributed by atoms with Gasteiger partial charge in [-0.2, -0.15) is 0 Å². The Labute approximate surface area is 232 Å². The van der Waals surface area contributed by atoms with Crippen molar-refractivity contribution in [2.45, 2.75) is 18.2 Å². The highest BCUT2D eigenvalue weighted by molar-refractivity contribution is 8.02. The van der Waals surface area contributed by atoms with Gasteiger partial charge < -0.3 is 9.64 Å². The molecular weight excluding hydrogens is 515 g/mol. The lowest BCUT2D eigenvalue weighted by Gasteiger charge is -2.38. The van der Waals surface area contributed by atoms with Crippen molar-refractivity contribution in [1.82, 2.24) is 4.90 Å². The van der Waals surface area contributed by atoms with Gasteiger partial charge in [0.1, 0.15) is 11.6 Å². The fraction of sp³-hybridized carbons (Fsp3) is 0.333. The molecule has 3 aliphatic rings. The molecule has 202 valence electrons. The number of piperazine rings is 1. The summed E-state index contributed by atoms with van der Waals surface area (Å²) >= 11 is 1.38. The van der Waals surface area contributed by atoms with E-state index in [0.717, 1.165) is 23.4 Å². The Hall–Kier alpha value is -3.56. The van der Waals surface area contributed by atoms with E-state index in [0.29, 0.717) is 50.8 Å². The van der Waals surface area contributed by atoms with E-state index in [-0.39, 0.29) is 23.4 Å². The zero-order chi connectivity index (χ0) is 27.0. The van der Waals surface area contributed by atoms with Crippen LogP contribution in [0.4, 0.5) is 21.5 Å². The molecular formula is C30H31FN4O3S. The van der Waals surface area contributed by atoms with Crippen molar-refractivity contribution in [3.63, 3.8) is 0 Å². The molecule has 0 aliphatic carbocycles. The number of carbonyl (C=O) groups excluding carboxylic acids is 2. The van der Waals surface area contributed by atoms with Crippen molar-refractivity contribution in [2.24, 2.45) is 0 Å². The molecule has 3 aromatic carbocycles. The molecule has 0 unspecified atom stereocenters. The highest BCUT2D eigenvalue weighted by Gasteiger charge is 2.61. The summed E-state index contributed by atoms with van der Waals surface area (Å²) in [5.74, 6) is 0.546. The molecule has 2 fully saturated rings. The predicted octanol–water partition coefficient (Wildman–Crippen LogP) is 4.67. The van der Waals surface area contributed by atoms with Crippen LogP contribution in [0.1, 0.15) is 18.9 Å². The summed E-state index contributed by atoms with van der Waals surface area (Å²) in [5.41, 5.74) is 2.95. The standard InChI is InChI=1S/C30H31FN4O3S/c1-2-19-38-23-13-11-22(12-14-23)35-28(36)20-39-30(35)24-7-3-5-9-26(24)34(29(30)37)21-32-15-17-33(18-16-32)27-10-6-4-8-25(27)31/h3-14H,2,15-21H2,1H3/t30-/m0/s1. The number of ether oxygens (including phenoxy) is 1. The van der Waals surface area contributed by atoms with Gasteiger partial charge in [-0.15, -0.1) is 11.8 Å². The van der Waals surface area contributed by atoms with Crippen LogP contribution in [0.15, 0.2) is 72.8 Å². The second kappa shape index (κ2) is 10.5. The molecule has 2 saturated heterocycles. The summed E-state index contributed by atoms with van der Waals surface area (Å²) in [6.07, 6.45) is 0.908. The molecule has 9 heteroatoms. The van der Waals surface area contributed by atoms with Gasteiger partial charge in [0.15, 0.2) is 0 Å². The van der Waals surface area contributed by atoms with E-state index < -0.39 is 4.87 Å². The lowest BCUT2D eigenvalue weighted by Crippen LogP contribution is -2.54. The minimum Gasteiger partial charge on any atom is -0.494 e. The number of benzene rings is 3. The minimum absolute atomic E-state index is 0.0919. The second-order valence-electron chi connectivity index (χ2n) is 9.95. The Morgan fingerprint density at radius 1 is 0.897 bits per heavy atom. The summed E-state index contributed by atoms with van der Waals surface area (Å²) in [5, 5.41) is 0. The number of para-hydroxylation sites is 2. The van der Waals surface area contributed by atoms with E-state index in [1.165, 1.54) is 17.8 Å². The maximum Gasteiger partial charge on any atom is 0.269 e. The van der Waals surface area contributed by atoms with Gasteiger partial charge >= 0.3 is 0 Å². The van der Waals surface area contributed by atoms with Crippen LogP contribution >= 0.6 is 11.8 Å². The third kappa shape index (κ3) is 4.43. The first-order valence-corrected chi connectivity index (χ1v) is 14.3. The van der Waals surface area contributed by atoms with Gasteiger partial charge in [-0.25, -0.2) is 4.39 Å². The second-order valence-corrected chi connectivity index (χ2v) is 11.1. The van der Waals surface area contributed by atoms with Gasteiger partial charge in [0.05, 0.1) is 30.4 Å². The molecule has 3 heterocycles. The fourth-order valence-electron chi connectivity index (χ4n) is 5.65. The molecule has 2 amide bonds. The Kier molecular flexibility index (Phi) is 6.95. The third-order valence-electron chi connectivity index (χ3n) is 7.54. The molecule has 7 nitrogen and oxygen atoms in total. The van der Waals surface area contributed by atoms with Crippen LogP contribution < -0.4 is 19.4 Å². The quantitative estimate of drug-likeness (QED) is 0.429. The van der Waals surface area contributed by atoms with Gasteiger partial charge in [0.2, 0.25) is 10.8 Å². The minimum atomic E-state index is -1.14. The number of rotatable bonds is 7. The molecule has 0 bridgehead atoms. The summed E-state index contributed by atoms with van der Waals surface area (Å²) in [7, 11) is 0. The lowest BCUT2D eigenvalue weighted by atomic mass is 10.0.